The largest absolute Gasteiger partial charge is 0.480 e. The molecule has 0 aromatic rings. The Bertz CT molecular complexity index is 1540. The summed E-state index contributed by atoms with van der Waals surface area (Å²) in [5.74, 6) is -2.62. The first-order valence-corrected chi connectivity index (χ1v) is 23.3. The molecule has 0 aliphatic rings. The van der Waals surface area contributed by atoms with E-state index in [4.69, 9.17) is 24.8 Å². The number of ether oxygens (including phenoxy) is 2. The molecule has 0 heterocycles. The summed E-state index contributed by atoms with van der Waals surface area (Å²) in [5.41, 5.74) is 5.32. The molecule has 0 radical (unpaired) electrons. The molecule has 348 valence electrons. The lowest BCUT2D eigenvalue weighted by Gasteiger charge is -2.20. The summed E-state index contributed by atoms with van der Waals surface area (Å²) >= 11 is 0. The van der Waals surface area contributed by atoms with Gasteiger partial charge in [0, 0.05) is 12.8 Å². The van der Waals surface area contributed by atoms with Crippen molar-refractivity contribution in [2.24, 2.45) is 5.73 Å². The number of hydrogen-bond acceptors (Lipinski definition) is 11. The maximum absolute atomic E-state index is 12.6. The molecule has 0 fully saturated rings. The van der Waals surface area contributed by atoms with E-state index in [0.29, 0.717) is 32.1 Å². The van der Waals surface area contributed by atoms with Crippen LogP contribution in [-0.2, 0) is 37.5 Å². The molecule has 0 aliphatic heterocycles. The van der Waals surface area contributed by atoms with Gasteiger partial charge in [-0.15, -0.1) is 0 Å². The van der Waals surface area contributed by atoms with E-state index in [1.807, 2.05) is 37.3 Å². The van der Waals surface area contributed by atoms with Crippen LogP contribution in [0.25, 0.3) is 0 Å². The van der Waals surface area contributed by atoms with Gasteiger partial charge in [-0.3, -0.25) is 23.4 Å². The molecule has 0 amide bonds. The number of hydrogen-bond donors (Lipinski definition) is 5. The van der Waals surface area contributed by atoms with Gasteiger partial charge >= 0.3 is 25.7 Å². The van der Waals surface area contributed by atoms with Crippen LogP contribution in [0, 0.1) is 0 Å². The van der Waals surface area contributed by atoms with Gasteiger partial charge in [0.1, 0.15) is 12.6 Å². The predicted octanol–water partition coefficient (Wildman–Crippen LogP) is 9.55. The Kier molecular flexibility index (Phi) is 38.1. The number of allylic oxidation sites excluding steroid dienone is 16. The Hall–Kier alpha value is -4.20. The van der Waals surface area contributed by atoms with Crippen molar-refractivity contribution in [3.8, 4) is 0 Å². The number of aliphatic hydroxyl groups excluding tert-OH is 2. The van der Waals surface area contributed by atoms with Crippen molar-refractivity contribution in [1.82, 2.24) is 0 Å². The Morgan fingerprint density at radius 2 is 1.06 bits per heavy atom. The van der Waals surface area contributed by atoms with E-state index in [1.165, 1.54) is 0 Å². The lowest BCUT2D eigenvalue weighted by Crippen LogP contribution is -2.34. The van der Waals surface area contributed by atoms with Gasteiger partial charge < -0.3 is 35.4 Å². The third-order valence-corrected chi connectivity index (χ3v) is 9.34. The maximum Gasteiger partial charge on any atom is 0.472 e. The summed E-state index contributed by atoms with van der Waals surface area (Å²) in [7, 11) is -4.78. The van der Waals surface area contributed by atoms with E-state index in [9.17, 15) is 34.1 Å². The van der Waals surface area contributed by atoms with Crippen LogP contribution >= 0.6 is 7.82 Å². The summed E-state index contributed by atoms with van der Waals surface area (Å²) in [6.45, 7) is 2.27. The highest BCUT2D eigenvalue weighted by Crippen LogP contribution is 2.43. The van der Waals surface area contributed by atoms with Gasteiger partial charge in [0.2, 0.25) is 0 Å². The topological polar surface area (TPSA) is 212 Å². The standard InChI is InChI=1S/C48H74NO12P/c1-3-5-7-8-9-10-11-12-13-14-15-16-17-18-19-23-31-37-46(52)58-39-44(40-59-62(56,57)60-41-45(49)48(54)55)61-47(53)38-32-24-21-20-22-28-34-43(51)36-30-26-25-29-35-42(50)33-27-6-4-2/h5-7,9-10,12-13,15-16,21-22,24-30,35-36,42-45,50-51H,3-4,8,11,14,17-20,23,31-34,37-41,49H2,1-2H3,(H,54,55)(H,56,57)/b7-5-,10-9-,13-12-,16-15-,24-21-,26-25-,27-6-,28-22-,35-29+,36-30+/t42-,43+,44+,45-/m0/s1. The zero-order valence-corrected chi connectivity index (χ0v) is 37.8. The number of carbonyl (C=O) groups is 3. The molecule has 5 atom stereocenters. The number of phosphoric ester groups is 1. The van der Waals surface area contributed by atoms with Gasteiger partial charge in [-0.25, -0.2) is 4.57 Å². The summed E-state index contributed by atoms with van der Waals surface area (Å²) in [5, 5.41) is 28.9. The SMILES string of the molecule is CC/C=C\C/C=C\C/C=C\C/C=C\CCCCCCC(=O)OC[C@H](COP(=O)(O)OC[C@H](N)C(=O)O)OC(=O)CC/C=C\C/C=C\C[C@@H](O)/C=C/C=C\C=C\[C@@H](O)C/C=C\CC. The van der Waals surface area contributed by atoms with Crippen molar-refractivity contribution in [2.75, 3.05) is 19.8 Å². The minimum atomic E-state index is -4.78. The third kappa shape index (κ3) is 39.9. The van der Waals surface area contributed by atoms with Crippen LogP contribution in [0.1, 0.15) is 117 Å². The number of phosphoric acid groups is 1. The molecule has 0 aromatic carbocycles. The van der Waals surface area contributed by atoms with Crippen LogP contribution < -0.4 is 5.73 Å². The van der Waals surface area contributed by atoms with E-state index in [1.54, 1.807) is 42.5 Å². The van der Waals surface area contributed by atoms with Crippen molar-refractivity contribution >= 4 is 25.7 Å². The van der Waals surface area contributed by atoms with E-state index in [-0.39, 0.29) is 12.8 Å². The molecule has 0 saturated heterocycles. The number of nitrogens with two attached hydrogens (primary N) is 1. The zero-order chi connectivity index (χ0) is 45.9. The fourth-order valence-corrected chi connectivity index (χ4v) is 5.74. The van der Waals surface area contributed by atoms with Crippen molar-refractivity contribution in [3.05, 3.63) is 122 Å². The molecule has 14 heteroatoms. The molecule has 0 aliphatic carbocycles. The summed E-state index contributed by atoms with van der Waals surface area (Å²) in [6, 6.07) is -1.56. The van der Waals surface area contributed by atoms with E-state index >= 15 is 0 Å². The second-order valence-corrected chi connectivity index (χ2v) is 15.6. The average Bonchev–Trinajstić information content (AvgIpc) is 3.24. The monoisotopic (exact) mass is 887 g/mol. The number of carboxylic acid groups (broad SMARTS) is 1. The number of esters is 2. The number of carboxylic acids is 1. The van der Waals surface area contributed by atoms with Crippen LogP contribution in [0.5, 0.6) is 0 Å². The van der Waals surface area contributed by atoms with Crippen molar-refractivity contribution in [1.29, 1.82) is 0 Å². The fourth-order valence-electron chi connectivity index (χ4n) is 4.96. The van der Waals surface area contributed by atoms with Gasteiger partial charge in [0.25, 0.3) is 0 Å². The van der Waals surface area contributed by atoms with Gasteiger partial charge in [0.15, 0.2) is 6.10 Å². The zero-order valence-electron chi connectivity index (χ0n) is 36.9. The average molecular weight is 888 g/mol. The smallest absolute Gasteiger partial charge is 0.472 e. The van der Waals surface area contributed by atoms with Gasteiger partial charge in [-0.1, -0.05) is 148 Å². The molecule has 0 aromatic heterocycles. The van der Waals surface area contributed by atoms with Gasteiger partial charge in [-0.2, -0.15) is 0 Å². The summed E-state index contributed by atoms with van der Waals surface area (Å²) in [4.78, 5) is 46.0. The second kappa shape index (κ2) is 40.8. The molecular formula is C48H74NO12P. The number of unbranched alkanes of at least 4 members (excludes halogenated alkanes) is 4. The highest BCUT2D eigenvalue weighted by molar-refractivity contribution is 7.47. The van der Waals surface area contributed by atoms with Crippen molar-refractivity contribution in [2.45, 2.75) is 141 Å². The number of aliphatic carboxylic acids is 1. The van der Waals surface area contributed by atoms with Crippen molar-refractivity contribution < 1.29 is 57.7 Å². The quantitative estimate of drug-likeness (QED) is 0.0129. The normalized spacial score (nSPS) is 15.8. The van der Waals surface area contributed by atoms with E-state index in [0.717, 1.165) is 57.8 Å². The Morgan fingerprint density at radius 3 is 1.65 bits per heavy atom. The summed E-state index contributed by atoms with van der Waals surface area (Å²) < 4.78 is 32.5. The van der Waals surface area contributed by atoms with Crippen molar-refractivity contribution in [3.63, 3.8) is 0 Å². The second-order valence-electron chi connectivity index (χ2n) is 14.1. The highest BCUT2D eigenvalue weighted by Gasteiger charge is 2.28. The first kappa shape index (κ1) is 57.8. The van der Waals surface area contributed by atoms with Crippen LogP contribution in [0.4, 0.5) is 0 Å². The number of rotatable bonds is 38. The highest BCUT2D eigenvalue weighted by atomic mass is 31.2. The lowest BCUT2D eigenvalue weighted by molar-refractivity contribution is -0.161. The molecule has 0 saturated carbocycles. The number of aliphatic hydroxyl groups is 2. The summed E-state index contributed by atoms with van der Waals surface area (Å²) in [6.07, 6.45) is 47.7. The van der Waals surface area contributed by atoms with Crippen LogP contribution in [-0.4, -0.2) is 82.3 Å². The van der Waals surface area contributed by atoms with E-state index < -0.39 is 69.9 Å². The molecule has 0 rings (SSSR count). The lowest BCUT2D eigenvalue weighted by atomic mass is 10.1. The predicted molar refractivity (Wildman–Crippen MR) is 247 cm³/mol. The molecule has 0 bridgehead atoms. The minimum absolute atomic E-state index is 0.0343. The molecule has 0 spiro atoms. The Labute approximate surface area is 370 Å². The molecule has 62 heavy (non-hydrogen) atoms. The molecule has 6 N–H and O–H groups in total. The van der Waals surface area contributed by atoms with Crippen LogP contribution in [0.2, 0.25) is 0 Å². The van der Waals surface area contributed by atoms with Crippen LogP contribution in [0.15, 0.2) is 122 Å². The Morgan fingerprint density at radius 1 is 0.581 bits per heavy atom. The Balaban J connectivity index is 4.67. The number of carbonyl (C=O) groups excluding carboxylic acids is 2. The molecule has 1 unspecified atom stereocenters. The van der Waals surface area contributed by atoms with Gasteiger partial charge in [-0.05, 0) is 77.0 Å². The van der Waals surface area contributed by atoms with Gasteiger partial charge in [0.05, 0.1) is 25.4 Å². The van der Waals surface area contributed by atoms with E-state index in [2.05, 4.69) is 60.1 Å². The molecular weight excluding hydrogens is 813 g/mol. The van der Waals surface area contributed by atoms with Crippen LogP contribution in [0.3, 0.4) is 0 Å². The first-order valence-electron chi connectivity index (χ1n) is 21.8. The first-order chi connectivity index (χ1) is 29.9. The third-order valence-electron chi connectivity index (χ3n) is 8.38. The fraction of sp³-hybridized carbons (Fsp3) is 0.521. The minimum Gasteiger partial charge on any atom is -0.480 e. The maximum atomic E-state index is 12.6. The molecule has 13 nitrogen and oxygen atoms in total.